The van der Waals surface area contributed by atoms with E-state index < -0.39 is 0 Å². The van der Waals surface area contributed by atoms with E-state index in [-0.39, 0.29) is 5.63 Å². The SMILES string of the molecule is CCc1ccc2c(CNCc3ccccc3Cl)cc(=O)oc2c1. The van der Waals surface area contributed by atoms with Gasteiger partial charge in [-0.05, 0) is 35.2 Å². The predicted octanol–water partition coefficient (Wildman–Crippen LogP) is 4.30. The molecule has 4 heteroatoms. The highest BCUT2D eigenvalue weighted by atomic mass is 35.5. The minimum atomic E-state index is -0.319. The van der Waals surface area contributed by atoms with Crippen LogP contribution < -0.4 is 10.9 Å². The molecular formula is C19H18ClNO2. The zero-order valence-corrected chi connectivity index (χ0v) is 13.7. The third-order valence-corrected chi connectivity index (χ3v) is 4.26. The molecule has 0 amide bonds. The topological polar surface area (TPSA) is 42.2 Å². The van der Waals surface area contributed by atoms with Gasteiger partial charge in [-0.3, -0.25) is 0 Å². The van der Waals surface area contributed by atoms with Gasteiger partial charge in [0.15, 0.2) is 0 Å². The second-order valence-electron chi connectivity index (χ2n) is 5.47. The smallest absolute Gasteiger partial charge is 0.336 e. The third kappa shape index (κ3) is 3.63. The molecule has 0 bridgehead atoms. The summed E-state index contributed by atoms with van der Waals surface area (Å²) in [6.07, 6.45) is 0.911. The minimum Gasteiger partial charge on any atom is -0.423 e. The van der Waals surface area contributed by atoms with Gasteiger partial charge in [0.2, 0.25) is 0 Å². The van der Waals surface area contributed by atoms with Crippen molar-refractivity contribution in [2.45, 2.75) is 26.4 Å². The van der Waals surface area contributed by atoms with Crippen LogP contribution >= 0.6 is 11.6 Å². The van der Waals surface area contributed by atoms with E-state index in [0.29, 0.717) is 18.7 Å². The number of benzene rings is 2. The van der Waals surface area contributed by atoms with Gasteiger partial charge in [0, 0.05) is 29.6 Å². The van der Waals surface area contributed by atoms with Crippen LogP contribution in [0.3, 0.4) is 0 Å². The normalized spacial score (nSPS) is 11.0. The summed E-state index contributed by atoms with van der Waals surface area (Å²) in [6, 6.07) is 15.3. The molecule has 3 nitrogen and oxygen atoms in total. The van der Waals surface area contributed by atoms with Gasteiger partial charge in [-0.15, -0.1) is 0 Å². The molecule has 118 valence electrons. The lowest BCUT2D eigenvalue weighted by Gasteiger charge is -2.09. The zero-order chi connectivity index (χ0) is 16.2. The second-order valence-corrected chi connectivity index (χ2v) is 5.88. The fraction of sp³-hybridized carbons (Fsp3) is 0.211. The van der Waals surface area contributed by atoms with Crippen molar-refractivity contribution in [2.75, 3.05) is 0 Å². The molecule has 1 heterocycles. The second kappa shape index (κ2) is 6.99. The summed E-state index contributed by atoms with van der Waals surface area (Å²) in [5, 5.41) is 5.05. The lowest BCUT2D eigenvalue weighted by atomic mass is 10.1. The van der Waals surface area contributed by atoms with Crippen LogP contribution in [0.25, 0.3) is 11.0 Å². The fourth-order valence-corrected chi connectivity index (χ4v) is 2.82. The Labute approximate surface area is 139 Å². The maximum Gasteiger partial charge on any atom is 0.336 e. The molecule has 1 aromatic heterocycles. The van der Waals surface area contributed by atoms with Crippen LogP contribution in [0.15, 0.2) is 57.7 Å². The quantitative estimate of drug-likeness (QED) is 0.710. The van der Waals surface area contributed by atoms with Gasteiger partial charge < -0.3 is 9.73 Å². The molecule has 0 spiro atoms. The minimum absolute atomic E-state index is 0.319. The van der Waals surface area contributed by atoms with Crippen LogP contribution in [0.1, 0.15) is 23.6 Å². The number of rotatable bonds is 5. The molecule has 0 aliphatic heterocycles. The summed E-state index contributed by atoms with van der Waals surface area (Å²) in [6.45, 7) is 3.31. The highest BCUT2D eigenvalue weighted by molar-refractivity contribution is 6.31. The summed E-state index contributed by atoms with van der Waals surface area (Å²) < 4.78 is 5.32. The molecule has 0 aliphatic rings. The van der Waals surface area contributed by atoms with Crippen molar-refractivity contribution in [1.29, 1.82) is 0 Å². The van der Waals surface area contributed by atoms with E-state index in [2.05, 4.69) is 18.3 Å². The van der Waals surface area contributed by atoms with E-state index in [0.717, 1.165) is 33.5 Å². The van der Waals surface area contributed by atoms with Crippen LogP contribution in [-0.2, 0) is 19.5 Å². The molecule has 3 rings (SSSR count). The number of halogens is 1. The Morgan fingerprint density at radius 2 is 1.83 bits per heavy atom. The number of nitrogens with one attached hydrogen (secondary N) is 1. The Balaban J connectivity index is 1.82. The van der Waals surface area contributed by atoms with Gasteiger partial charge >= 0.3 is 5.63 Å². The van der Waals surface area contributed by atoms with Gasteiger partial charge in [-0.1, -0.05) is 48.9 Å². The first-order valence-electron chi connectivity index (χ1n) is 7.67. The summed E-state index contributed by atoms with van der Waals surface area (Å²) in [4.78, 5) is 11.8. The van der Waals surface area contributed by atoms with Crippen molar-refractivity contribution in [3.05, 3.63) is 80.7 Å². The van der Waals surface area contributed by atoms with Crippen LogP contribution in [0.4, 0.5) is 0 Å². The monoisotopic (exact) mass is 327 g/mol. The van der Waals surface area contributed by atoms with Crippen molar-refractivity contribution in [1.82, 2.24) is 5.32 Å². The Hall–Kier alpha value is -2.10. The number of aryl methyl sites for hydroxylation is 1. The van der Waals surface area contributed by atoms with E-state index in [1.165, 1.54) is 0 Å². The maximum absolute atomic E-state index is 11.8. The molecular weight excluding hydrogens is 310 g/mol. The van der Waals surface area contributed by atoms with Crippen molar-refractivity contribution in [2.24, 2.45) is 0 Å². The lowest BCUT2D eigenvalue weighted by Crippen LogP contribution is -2.15. The summed E-state index contributed by atoms with van der Waals surface area (Å²) in [7, 11) is 0. The first kappa shape index (κ1) is 15.8. The largest absolute Gasteiger partial charge is 0.423 e. The molecule has 0 atom stereocenters. The van der Waals surface area contributed by atoms with Crippen LogP contribution in [-0.4, -0.2) is 0 Å². The Morgan fingerprint density at radius 1 is 1.04 bits per heavy atom. The molecule has 2 aromatic carbocycles. The van der Waals surface area contributed by atoms with Crippen molar-refractivity contribution in [3.63, 3.8) is 0 Å². The highest BCUT2D eigenvalue weighted by Gasteiger charge is 2.07. The molecule has 0 radical (unpaired) electrons. The average Bonchev–Trinajstić information content (AvgIpc) is 2.55. The zero-order valence-electron chi connectivity index (χ0n) is 12.9. The molecule has 0 saturated heterocycles. The number of fused-ring (bicyclic) bond motifs is 1. The summed E-state index contributed by atoms with van der Waals surface area (Å²) in [5.74, 6) is 0. The van der Waals surface area contributed by atoms with Crippen LogP contribution in [0, 0.1) is 0 Å². The van der Waals surface area contributed by atoms with E-state index in [1.54, 1.807) is 6.07 Å². The molecule has 23 heavy (non-hydrogen) atoms. The van der Waals surface area contributed by atoms with Gasteiger partial charge in [0.05, 0.1) is 0 Å². The Bertz CT molecular complexity index is 886. The summed E-state index contributed by atoms with van der Waals surface area (Å²) in [5.41, 5.74) is 3.45. The molecule has 1 N–H and O–H groups in total. The first-order valence-corrected chi connectivity index (χ1v) is 8.05. The van der Waals surface area contributed by atoms with Crippen LogP contribution in [0.5, 0.6) is 0 Å². The molecule has 0 saturated carbocycles. The van der Waals surface area contributed by atoms with E-state index >= 15 is 0 Å². The van der Waals surface area contributed by atoms with Gasteiger partial charge in [-0.25, -0.2) is 4.79 Å². The molecule has 3 aromatic rings. The van der Waals surface area contributed by atoms with E-state index in [1.807, 2.05) is 36.4 Å². The maximum atomic E-state index is 11.8. The number of hydrogen-bond acceptors (Lipinski definition) is 3. The molecule has 0 unspecified atom stereocenters. The van der Waals surface area contributed by atoms with Gasteiger partial charge in [0.1, 0.15) is 5.58 Å². The number of hydrogen-bond donors (Lipinski definition) is 1. The Kier molecular flexibility index (Phi) is 4.79. The average molecular weight is 328 g/mol. The fourth-order valence-electron chi connectivity index (χ4n) is 2.61. The van der Waals surface area contributed by atoms with Crippen molar-refractivity contribution >= 4 is 22.6 Å². The van der Waals surface area contributed by atoms with Gasteiger partial charge in [0.25, 0.3) is 0 Å². The Morgan fingerprint density at radius 3 is 2.61 bits per heavy atom. The lowest BCUT2D eigenvalue weighted by molar-refractivity contribution is 0.556. The standard InChI is InChI=1S/C19H18ClNO2/c1-2-13-7-8-16-15(10-19(22)23-18(16)9-13)12-21-11-14-5-3-4-6-17(14)20/h3-10,21H,2,11-12H2,1H3. The van der Waals surface area contributed by atoms with E-state index in [4.69, 9.17) is 16.0 Å². The highest BCUT2D eigenvalue weighted by Crippen LogP contribution is 2.20. The van der Waals surface area contributed by atoms with Crippen molar-refractivity contribution < 1.29 is 4.42 Å². The van der Waals surface area contributed by atoms with E-state index in [9.17, 15) is 4.79 Å². The van der Waals surface area contributed by atoms with Crippen LogP contribution in [0.2, 0.25) is 5.02 Å². The van der Waals surface area contributed by atoms with Crippen molar-refractivity contribution in [3.8, 4) is 0 Å². The molecule has 0 fully saturated rings. The molecule has 0 aliphatic carbocycles. The summed E-state index contributed by atoms with van der Waals surface area (Å²) >= 11 is 6.15. The first-order chi connectivity index (χ1) is 11.2. The van der Waals surface area contributed by atoms with Gasteiger partial charge in [-0.2, -0.15) is 0 Å². The predicted molar refractivity (Wildman–Crippen MR) is 93.9 cm³/mol. The third-order valence-electron chi connectivity index (χ3n) is 3.89.